The Morgan fingerprint density at radius 1 is 1.12 bits per heavy atom. The molecule has 0 radical (unpaired) electrons. The monoisotopic (exact) mass is 374 g/mol. The first-order chi connectivity index (χ1) is 12.0. The van der Waals surface area contributed by atoms with Gasteiger partial charge in [-0.15, -0.1) is 0 Å². The van der Waals surface area contributed by atoms with Crippen LogP contribution in [0.4, 0.5) is 4.79 Å². The molecule has 2 aliphatic rings. The number of halogens is 2. The van der Waals surface area contributed by atoms with Gasteiger partial charge in [-0.1, -0.05) is 53.5 Å². The number of fused-ring (bicyclic) bond motifs is 2. The fourth-order valence-electron chi connectivity index (χ4n) is 3.78. The molecule has 1 heterocycles. The number of benzene rings is 2. The summed E-state index contributed by atoms with van der Waals surface area (Å²) in [7, 11) is 0. The molecule has 1 saturated heterocycles. The van der Waals surface area contributed by atoms with Crippen LogP contribution in [-0.4, -0.2) is 16.8 Å². The number of nitrogens with one attached hydrogen (secondary N) is 1. The summed E-state index contributed by atoms with van der Waals surface area (Å²) in [6.07, 6.45) is 2.39. The molecule has 1 N–H and O–H groups in total. The number of rotatable bonds is 2. The van der Waals surface area contributed by atoms with E-state index >= 15 is 0 Å². The van der Waals surface area contributed by atoms with E-state index in [9.17, 15) is 9.59 Å². The first-order valence-corrected chi connectivity index (χ1v) is 8.93. The molecule has 0 unspecified atom stereocenters. The predicted molar refractivity (Wildman–Crippen MR) is 96.6 cm³/mol. The molecule has 25 heavy (non-hydrogen) atoms. The molecule has 0 saturated carbocycles. The number of hydrogen-bond acceptors (Lipinski definition) is 2. The minimum atomic E-state index is -0.954. The van der Waals surface area contributed by atoms with Gasteiger partial charge in [0.15, 0.2) is 0 Å². The molecule has 3 amide bonds. The van der Waals surface area contributed by atoms with Gasteiger partial charge in [-0.25, -0.2) is 4.79 Å². The van der Waals surface area contributed by atoms with Gasteiger partial charge >= 0.3 is 6.03 Å². The molecule has 1 fully saturated rings. The highest BCUT2D eigenvalue weighted by atomic mass is 35.5. The maximum absolute atomic E-state index is 13.2. The zero-order valence-electron chi connectivity index (χ0n) is 13.4. The van der Waals surface area contributed by atoms with Crippen molar-refractivity contribution in [1.82, 2.24) is 10.2 Å². The van der Waals surface area contributed by atoms with E-state index in [0.717, 1.165) is 24.0 Å². The predicted octanol–water partition coefficient (Wildman–Crippen LogP) is 4.28. The summed E-state index contributed by atoms with van der Waals surface area (Å²) in [6, 6.07) is 12.5. The van der Waals surface area contributed by atoms with E-state index in [4.69, 9.17) is 23.2 Å². The minimum absolute atomic E-state index is 0.130. The zero-order chi connectivity index (χ0) is 17.6. The van der Waals surface area contributed by atoms with Crippen LogP contribution in [0, 0.1) is 0 Å². The molecule has 2 aromatic rings. The van der Waals surface area contributed by atoms with Crippen molar-refractivity contribution in [3.05, 3.63) is 69.2 Å². The number of imide groups is 1. The Morgan fingerprint density at radius 2 is 1.92 bits per heavy atom. The van der Waals surface area contributed by atoms with E-state index < -0.39 is 5.54 Å². The number of aryl methyl sites for hydroxylation is 1. The fraction of sp³-hybridized carbons (Fsp3) is 0.263. The highest BCUT2D eigenvalue weighted by molar-refractivity contribution is 6.35. The average molecular weight is 375 g/mol. The smallest absolute Gasteiger partial charge is 0.319 e. The van der Waals surface area contributed by atoms with E-state index in [2.05, 4.69) is 5.32 Å². The Morgan fingerprint density at radius 3 is 2.72 bits per heavy atom. The number of hydrogen-bond donors (Lipinski definition) is 1. The third-order valence-electron chi connectivity index (χ3n) is 4.99. The summed E-state index contributed by atoms with van der Waals surface area (Å²) in [5, 5.41) is 3.90. The van der Waals surface area contributed by atoms with Crippen LogP contribution in [0.2, 0.25) is 10.0 Å². The van der Waals surface area contributed by atoms with Gasteiger partial charge in [0.05, 0.1) is 6.54 Å². The van der Waals surface area contributed by atoms with Gasteiger partial charge in [0.25, 0.3) is 5.91 Å². The second-order valence-electron chi connectivity index (χ2n) is 6.47. The maximum atomic E-state index is 13.2. The molecule has 4 nitrogen and oxygen atoms in total. The lowest BCUT2D eigenvalue weighted by molar-refractivity contribution is -0.132. The van der Waals surface area contributed by atoms with Gasteiger partial charge < -0.3 is 5.32 Å². The van der Waals surface area contributed by atoms with Crippen LogP contribution in [0.5, 0.6) is 0 Å². The molecule has 1 aliphatic heterocycles. The fourth-order valence-corrected chi connectivity index (χ4v) is 4.24. The summed E-state index contributed by atoms with van der Waals surface area (Å²) in [6.45, 7) is 0.130. The van der Waals surface area contributed by atoms with Crippen LogP contribution in [0.15, 0.2) is 42.5 Å². The Labute approximate surface area is 155 Å². The summed E-state index contributed by atoms with van der Waals surface area (Å²) >= 11 is 12.1. The molecule has 4 rings (SSSR count). The second kappa shape index (κ2) is 6.04. The lowest BCUT2D eigenvalue weighted by atomic mass is 9.76. The van der Waals surface area contributed by atoms with Crippen molar-refractivity contribution in [1.29, 1.82) is 0 Å². The van der Waals surface area contributed by atoms with Crippen LogP contribution >= 0.6 is 23.2 Å². The minimum Gasteiger partial charge on any atom is -0.319 e. The van der Waals surface area contributed by atoms with Gasteiger partial charge in [-0.3, -0.25) is 9.69 Å². The molecule has 0 aromatic heterocycles. The number of urea groups is 1. The molecule has 1 atom stereocenters. The van der Waals surface area contributed by atoms with Gasteiger partial charge in [-0.2, -0.15) is 0 Å². The van der Waals surface area contributed by atoms with Crippen molar-refractivity contribution in [3.8, 4) is 0 Å². The third-order valence-corrected chi connectivity index (χ3v) is 5.58. The molecular formula is C19H16Cl2N2O2. The largest absolute Gasteiger partial charge is 0.325 e. The summed E-state index contributed by atoms with van der Waals surface area (Å²) in [4.78, 5) is 27.0. The van der Waals surface area contributed by atoms with E-state index in [0.29, 0.717) is 22.0 Å². The van der Waals surface area contributed by atoms with Crippen LogP contribution in [0.25, 0.3) is 0 Å². The number of amides is 3. The topological polar surface area (TPSA) is 49.4 Å². The van der Waals surface area contributed by atoms with Crippen molar-refractivity contribution in [2.24, 2.45) is 0 Å². The van der Waals surface area contributed by atoms with Crippen molar-refractivity contribution >= 4 is 35.1 Å². The first kappa shape index (κ1) is 16.4. The Hall–Kier alpha value is -2.04. The highest BCUT2D eigenvalue weighted by Gasteiger charge is 2.53. The maximum Gasteiger partial charge on any atom is 0.325 e. The van der Waals surface area contributed by atoms with Crippen LogP contribution in [0.1, 0.15) is 29.5 Å². The van der Waals surface area contributed by atoms with E-state index in [1.807, 2.05) is 24.3 Å². The zero-order valence-corrected chi connectivity index (χ0v) is 14.9. The van der Waals surface area contributed by atoms with Gasteiger partial charge in [0, 0.05) is 10.0 Å². The second-order valence-corrected chi connectivity index (χ2v) is 7.32. The Balaban J connectivity index is 1.70. The van der Waals surface area contributed by atoms with Crippen molar-refractivity contribution in [2.75, 3.05) is 0 Å². The highest BCUT2D eigenvalue weighted by Crippen LogP contribution is 2.40. The van der Waals surface area contributed by atoms with Crippen LogP contribution < -0.4 is 5.32 Å². The molecule has 128 valence electrons. The molecule has 6 heteroatoms. The standard InChI is InChI=1S/C19H16Cl2N2O2/c20-14-8-7-13(16(21)10-14)11-23-17(24)19(22-18(23)25)9-3-5-12-4-1-2-6-15(12)19/h1-2,4,6-8,10H,3,5,9,11H2,(H,22,25)/t19-/m1/s1. The molecule has 2 aromatic carbocycles. The molecule has 0 bridgehead atoms. The number of carbonyl (C=O) groups excluding carboxylic acids is 2. The molecule has 1 spiro atoms. The van der Waals surface area contributed by atoms with Crippen LogP contribution in [-0.2, 0) is 23.3 Å². The van der Waals surface area contributed by atoms with E-state index in [1.165, 1.54) is 4.90 Å². The SMILES string of the molecule is O=C1N[C@@]2(CCCc3ccccc32)C(=O)N1Cc1ccc(Cl)cc1Cl. The number of carbonyl (C=O) groups is 2. The molecule has 1 aliphatic carbocycles. The normalized spacial score (nSPS) is 22.2. The summed E-state index contributed by atoms with van der Waals surface area (Å²) in [5.74, 6) is -0.212. The van der Waals surface area contributed by atoms with E-state index in [-0.39, 0.29) is 18.5 Å². The van der Waals surface area contributed by atoms with Crippen molar-refractivity contribution in [2.45, 2.75) is 31.3 Å². The number of nitrogens with zero attached hydrogens (tertiary/aromatic N) is 1. The summed E-state index contributed by atoms with van der Waals surface area (Å²) < 4.78 is 0. The van der Waals surface area contributed by atoms with Crippen molar-refractivity contribution in [3.63, 3.8) is 0 Å². The van der Waals surface area contributed by atoms with Crippen LogP contribution in [0.3, 0.4) is 0 Å². The third kappa shape index (κ3) is 2.60. The van der Waals surface area contributed by atoms with Gasteiger partial charge in [-0.05, 0) is 48.1 Å². The van der Waals surface area contributed by atoms with E-state index in [1.54, 1.807) is 18.2 Å². The Kier molecular flexibility index (Phi) is 3.97. The Bertz CT molecular complexity index is 883. The lowest BCUT2D eigenvalue weighted by Crippen LogP contribution is -2.46. The first-order valence-electron chi connectivity index (χ1n) is 8.18. The average Bonchev–Trinajstić information content (AvgIpc) is 2.82. The van der Waals surface area contributed by atoms with Crippen molar-refractivity contribution < 1.29 is 9.59 Å². The lowest BCUT2D eigenvalue weighted by Gasteiger charge is -2.33. The van der Waals surface area contributed by atoms with Gasteiger partial charge in [0.1, 0.15) is 5.54 Å². The molecular weight excluding hydrogens is 359 g/mol. The summed E-state index contributed by atoms with van der Waals surface area (Å²) in [5.41, 5.74) is 1.76. The van der Waals surface area contributed by atoms with Gasteiger partial charge in [0.2, 0.25) is 0 Å². The quantitative estimate of drug-likeness (QED) is 0.797.